The van der Waals surface area contributed by atoms with Crippen molar-refractivity contribution in [3.05, 3.63) is 48.6 Å². The van der Waals surface area contributed by atoms with E-state index in [4.69, 9.17) is 0 Å². The Kier molecular flexibility index (Phi) is 17.7. The molecule has 0 nitrogen and oxygen atoms in total. The topological polar surface area (TPSA) is 0 Å². The Morgan fingerprint density at radius 3 is 0.840 bits per heavy atom. The van der Waals surface area contributed by atoms with E-state index in [0.717, 1.165) is 0 Å². The van der Waals surface area contributed by atoms with Gasteiger partial charge in [-0.1, -0.05) is 0 Å². The third-order valence-electron chi connectivity index (χ3n) is 4.97. The van der Waals surface area contributed by atoms with Gasteiger partial charge in [0.2, 0.25) is 0 Å². The molecule has 0 aliphatic carbocycles. The summed E-state index contributed by atoms with van der Waals surface area (Å²) in [6.45, 7) is 8.95. The minimum absolute atomic E-state index is 1.17. The zero-order valence-corrected chi connectivity index (χ0v) is 18.6. The average molecular weight is 365 g/mol. The molecule has 146 valence electrons. The van der Waals surface area contributed by atoms with Crippen molar-refractivity contribution in [2.24, 2.45) is 0 Å². The average Bonchev–Trinajstić information content (AvgIpc) is 2.63. The molecule has 0 aliphatic heterocycles. The van der Waals surface area contributed by atoms with Crippen molar-refractivity contribution >= 4 is 7.26 Å². The Morgan fingerprint density at radius 1 is 0.400 bits per heavy atom. The van der Waals surface area contributed by atoms with Crippen molar-refractivity contribution in [1.29, 1.82) is 0 Å². The van der Waals surface area contributed by atoms with Crippen LogP contribution < -0.4 is 0 Å². The van der Waals surface area contributed by atoms with Crippen molar-refractivity contribution in [3.63, 3.8) is 0 Å². The van der Waals surface area contributed by atoms with E-state index < -0.39 is 7.26 Å². The minimum atomic E-state index is -1.20. The maximum absolute atomic E-state index is 2.44. The molecule has 0 fully saturated rings. The van der Waals surface area contributed by atoms with E-state index in [1.807, 2.05) is 0 Å². The van der Waals surface area contributed by atoms with Crippen LogP contribution in [0, 0.1) is 0 Å². The Bertz CT molecular complexity index is 309. The first-order valence-electron chi connectivity index (χ1n) is 10.8. The predicted octanol–water partition coefficient (Wildman–Crippen LogP) is 8.16. The number of hydrogen-bond donors (Lipinski definition) is 0. The molecular formula is C24H45P. The second-order valence-electron chi connectivity index (χ2n) is 7.17. The van der Waals surface area contributed by atoms with Gasteiger partial charge in [-0.3, -0.25) is 0 Å². The van der Waals surface area contributed by atoms with Crippen molar-refractivity contribution < 1.29 is 0 Å². The molecule has 0 aromatic carbocycles. The Labute approximate surface area is 159 Å². The van der Waals surface area contributed by atoms with E-state index in [0.29, 0.717) is 0 Å². The Hall–Kier alpha value is -0.610. The van der Waals surface area contributed by atoms with Gasteiger partial charge in [-0.25, -0.2) is 0 Å². The first-order valence-corrected chi connectivity index (χ1v) is 13.7. The third-order valence-corrected chi connectivity index (χ3v) is 10.4. The van der Waals surface area contributed by atoms with Gasteiger partial charge in [0, 0.05) is 0 Å². The fourth-order valence-corrected chi connectivity index (χ4v) is 8.06. The maximum atomic E-state index is 2.44. The summed E-state index contributed by atoms with van der Waals surface area (Å²) in [5, 5.41) is 0. The Balaban J connectivity index is 4.97. The van der Waals surface area contributed by atoms with E-state index in [2.05, 4.69) is 76.3 Å². The summed E-state index contributed by atoms with van der Waals surface area (Å²) in [6, 6.07) is 0. The summed E-state index contributed by atoms with van der Waals surface area (Å²) in [7, 11) is -1.20. The first kappa shape index (κ1) is 24.4. The molecule has 0 heterocycles. The molecule has 25 heavy (non-hydrogen) atoms. The van der Waals surface area contributed by atoms with Gasteiger partial charge in [0.15, 0.2) is 0 Å². The van der Waals surface area contributed by atoms with Gasteiger partial charge >= 0.3 is 160 Å². The predicted molar refractivity (Wildman–Crippen MR) is 124 cm³/mol. The van der Waals surface area contributed by atoms with E-state index in [9.17, 15) is 0 Å². The molecule has 0 N–H and O–H groups in total. The molecule has 0 amide bonds. The molecule has 1 heteroatoms. The fraction of sp³-hybridized carbons (Fsp3) is 0.667. The molecule has 0 unspecified atom stereocenters. The van der Waals surface area contributed by atoms with Gasteiger partial charge in [0.25, 0.3) is 0 Å². The molecule has 0 aliphatic rings. The molecule has 0 atom stereocenters. The summed E-state index contributed by atoms with van der Waals surface area (Å²) >= 11 is 0. The molecule has 0 saturated heterocycles. The van der Waals surface area contributed by atoms with Crippen LogP contribution in [0.25, 0.3) is 0 Å². The van der Waals surface area contributed by atoms with E-state index in [-0.39, 0.29) is 0 Å². The summed E-state index contributed by atoms with van der Waals surface area (Å²) in [6.07, 6.45) is 34.9. The van der Waals surface area contributed by atoms with Gasteiger partial charge < -0.3 is 0 Å². The zero-order chi connectivity index (χ0) is 18.6. The quantitative estimate of drug-likeness (QED) is 0.191. The molecule has 0 aromatic rings. The van der Waals surface area contributed by atoms with Crippen LogP contribution in [0.1, 0.15) is 79.1 Å². The van der Waals surface area contributed by atoms with E-state index >= 15 is 0 Å². The van der Waals surface area contributed by atoms with Crippen LogP contribution in [-0.4, -0.2) is 24.6 Å². The second kappa shape index (κ2) is 18.2. The van der Waals surface area contributed by atoms with Crippen LogP contribution in [0.15, 0.2) is 48.6 Å². The van der Waals surface area contributed by atoms with Crippen LogP contribution in [0.4, 0.5) is 0 Å². The van der Waals surface area contributed by atoms with Crippen LogP contribution in [0.2, 0.25) is 0 Å². The summed E-state index contributed by atoms with van der Waals surface area (Å²) in [5.74, 6) is 0. The zero-order valence-electron chi connectivity index (χ0n) is 17.6. The SMILES string of the molecule is CCC=CCC[PH](CCC=CCC)(CCC=CCC)CCC=CCC. The monoisotopic (exact) mass is 364 g/mol. The molecule has 0 bridgehead atoms. The molecular weight excluding hydrogens is 319 g/mol. The Morgan fingerprint density at radius 2 is 0.640 bits per heavy atom. The summed E-state index contributed by atoms with van der Waals surface area (Å²) in [5.41, 5.74) is 0. The summed E-state index contributed by atoms with van der Waals surface area (Å²) in [4.78, 5) is 0. The van der Waals surface area contributed by atoms with Crippen molar-refractivity contribution in [2.45, 2.75) is 79.1 Å². The molecule has 0 saturated carbocycles. The molecule has 0 spiro atoms. The van der Waals surface area contributed by atoms with Crippen molar-refractivity contribution in [1.82, 2.24) is 0 Å². The second-order valence-corrected chi connectivity index (χ2v) is 12.2. The normalized spacial score (nSPS) is 13.9. The van der Waals surface area contributed by atoms with Gasteiger partial charge in [-0.15, -0.1) is 0 Å². The molecule has 0 radical (unpaired) electrons. The van der Waals surface area contributed by atoms with Crippen molar-refractivity contribution in [2.75, 3.05) is 24.6 Å². The van der Waals surface area contributed by atoms with Gasteiger partial charge in [0.05, 0.1) is 0 Å². The summed E-state index contributed by atoms with van der Waals surface area (Å²) < 4.78 is 0. The van der Waals surface area contributed by atoms with Gasteiger partial charge in [-0.2, -0.15) is 0 Å². The van der Waals surface area contributed by atoms with Crippen LogP contribution in [0.3, 0.4) is 0 Å². The number of rotatable bonds is 16. The fourth-order valence-electron chi connectivity index (χ4n) is 3.45. The molecule has 0 aromatic heterocycles. The van der Waals surface area contributed by atoms with Crippen molar-refractivity contribution in [3.8, 4) is 0 Å². The standard InChI is InChI=1S/C24H45P/c1-5-9-13-17-21-25(22-18-14-10-6-2,23-19-15-11-7-3)24-20-16-12-8-4/h9-16,25H,5-8,17-24H2,1-4H3. The van der Waals surface area contributed by atoms with E-state index in [1.165, 1.54) is 76.0 Å². The number of allylic oxidation sites excluding steroid dienone is 8. The first-order chi connectivity index (χ1) is 12.2. The third kappa shape index (κ3) is 14.3. The number of hydrogen-bond acceptors (Lipinski definition) is 0. The van der Waals surface area contributed by atoms with Gasteiger partial charge in [-0.05, 0) is 0 Å². The van der Waals surface area contributed by atoms with Crippen LogP contribution >= 0.6 is 7.26 Å². The van der Waals surface area contributed by atoms with E-state index in [1.54, 1.807) is 0 Å². The van der Waals surface area contributed by atoms with Crippen LogP contribution in [-0.2, 0) is 0 Å². The molecule has 0 rings (SSSR count). The van der Waals surface area contributed by atoms with Crippen LogP contribution in [0.5, 0.6) is 0 Å². The van der Waals surface area contributed by atoms with Gasteiger partial charge in [0.1, 0.15) is 0 Å².